The van der Waals surface area contributed by atoms with E-state index in [2.05, 4.69) is 4.74 Å². The first-order valence-electron chi connectivity index (χ1n) is 7.71. The molecule has 0 aliphatic carbocycles. The molecule has 1 unspecified atom stereocenters. The molecule has 0 fully saturated rings. The molecule has 2 rings (SSSR count). The van der Waals surface area contributed by atoms with E-state index in [0.29, 0.717) is 5.56 Å². The van der Waals surface area contributed by atoms with Crippen LogP contribution >= 0.6 is 0 Å². The minimum Gasteiger partial charge on any atom is -0.435 e. The number of ether oxygens (including phenoxy) is 1. The number of alkyl halides is 2. The standard InChI is InChI=1S/C18H19F2NO4S/c1-12(13-6-10-16(11-7-13)26(3,23)24)21(2)17(22)14-4-8-15(9-5-14)25-18(19)20/h4-12,18H,1-3H3. The average Bonchev–Trinajstić information content (AvgIpc) is 2.59. The highest BCUT2D eigenvalue weighted by atomic mass is 32.2. The smallest absolute Gasteiger partial charge is 0.387 e. The molecule has 26 heavy (non-hydrogen) atoms. The summed E-state index contributed by atoms with van der Waals surface area (Å²) in [5, 5.41) is 0. The molecule has 0 aromatic heterocycles. The quantitative estimate of drug-likeness (QED) is 0.766. The van der Waals surface area contributed by atoms with Crippen molar-refractivity contribution in [1.82, 2.24) is 4.90 Å². The van der Waals surface area contributed by atoms with Crippen LogP contribution in [0.4, 0.5) is 8.78 Å². The zero-order chi connectivity index (χ0) is 19.5. The Kier molecular flexibility index (Phi) is 5.97. The van der Waals surface area contributed by atoms with Crippen molar-refractivity contribution in [3.63, 3.8) is 0 Å². The highest BCUT2D eigenvalue weighted by Crippen LogP contribution is 2.23. The molecular weight excluding hydrogens is 364 g/mol. The van der Waals surface area contributed by atoms with E-state index in [1.807, 2.05) is 6.92 Å². The molecule has 0 saturated carbocycles. The SMILES string of the molecule is CC(c1ccc(S(C)(=O)=O)cc1)N(C)C(=O)c1ccc(OC(F)F)cc1. The molecule has 140 valence electrons. The van der Waals surface area contributed by atoms with Crippen molar-refractivity contribution in [2.75, 3.05) is 13.3 Å². The number of nitrogens with zero attached hydrogens (tertiary/aromatic N) is 1. The first-order chi connectivity index (χ1) is 12.1. The van der Waals surface area contributed by atoms with E-state index < -0.39 is 16.4 Å². The normalized spacial score (nSPS) is 12.7. The summed E-state index contributed by atoms with van der Waals surface area (Å²) in [6, 6.07) is 11.4. The van der Waals surface area contributed by atoms with E-state index in [1.165, 1.54) is 41.3 Å². The van der Waals surface area contributed by atoms with Crippen molar-refractivity contribution < 1.29 is 26.7 Å². The number of carbonyl (C=O) groups is 1. The molecule has 1 atom stereocenters. The second-order valence-electron chi connectivity index (χ2n) is 5.84. The third kappa shape index (κ3) is 4.78. The highest BCUT2D eigenvalue weighted by Gasteiger charge is 2.20. The lowest BCUT2D eigenvalue weighted by Crippen LogP contribution is -2.29. The predicted octanol–water partition coefficient (Wildman–Crippen LogP) is 3.52. The van der Waals surface area contributed by atoms with Crippen molar-refractivity contribution >= 4 is 15.7 Å². The molecule has 0 heterocycles. The van der Waals surface area contributed by atoms with Crippen molar-refractivity contribution in [2.45, 2.75) is 24.5 Å². The van der Waals surface area contributed by atoms with Crippen LogP contribution in [-0.2, 0) is 9.84 Å². The van der Waals surface area contributed by atoms with Gasteiger partial charge in [-0.3, -0.25) is 4.79 Å². The third-order valence-corrected chi connectivity index (χ3v) is 5.15. The Morgan fingerprint density at radius 3 is 2.04 bits per heavy atom. The van der Waals surface area contributed by atoms with Gasteiger partial charge in [0.2, 0.25) is 0 Å². The van der Waals surface area contributed by atoms with Crippen molar-refractivity contribution in [3.8, 4) is 5.75 Å². The summed E-state index contributed by atoms with van der Waals surface area (Å²) < 4.78 is 51.6. The summed E-state index contributed by atoms with van der Waals surface area (Å²) in [4.78, 5) is 14.3. The van der Waals surface area contributed by atoms with Gasteiger partial charge in [-0.05, 0) is 48.9 Å². The second-order valence-corrected chi connectivity index (χ2v) is 7.85. The molecule has 0 bridgehead atoms. The van der Waals surface area contributed by atoms with Gasteiger partial charge in [0, 0.05) is 18.9 Å². The lowest BCUT2D eigenvalue weighted by molar-refractivity contribution is -0.0498. The third-order valence-electron chi connectivity index (χ3n) is 4.02. The van der Waals surface area contributed by atoms with E-state index in [0.717, 1.165) is 11.8 Å². The molecule has 2 aromatic carbocycles. The van der Waals surface area contributed by atoms with Gasteiger partial charge in [-0.25, -0.2) is 8.42 Å². The zero-order valence-electron chi connectivity index (χ0n) is 14.5. The molecule has 2 aromatic rings. The van der Waals surface area contributed by atoms with E-state index in [9.17, 15) is 22.0 Å². The van der Waals surface area contributed by atoms with Crippen LogP contribution in [0.15, 0.2) is 53.4 Å². The second kappa shape index (κ2) is 7.82. The summed E-state index contributed by atoms with van der Waals surface area (Å²) >= 11 is 0. The summed E-state index contributed by atoms with van der Waals surface area (Å²) in [5.74, 6) is -0.322. The zero-order valence-corrected chi connectivity index (χ0v) is 15.3. The van der Waals surface area contributed by atoms with Crippen molar-refractivity contribution in [1.29, 1.82) is 0 Å². The lowest BCUT2D eigenvalue weighted by Gasteiger charge is -2.25. The van der Waals surface area contributed by atoms with Crippen molar-refractivity contribution in [2.24, 2.45) is 0 Å². The minimum atomic E-state index is -3.28. The van der Waals surface area contributed by atoms with E-state index >= 15 is 0 Å². The van der Waals surface area contributed by atoms with Crippen molar-refractivity contribution in [3.05, 3.63) is 59.7 Å². The Hall–Kier alpha value is -2.48. The van der Waals surface area contributed by atoms with Gasteiger partial charge in [0.1, 0.15) is 5.75 Å². The van der Waals surface area contributed by atoms with Crippen LogP contribution in [0, 0.1) is 0 Å². The number of rotatable bonds is 6. The Morgan fingerprint density at radius 1 is 1.04 bits per heavy atom. The number of sulfone groups is 1. The number of carbonyl (C=O) groups excluding carboxylic acids is 1. The van der Waals surface area contributed by atoms with Crippen LogP contribution in [0.1, 0.15) is 28.9 Å². The monoisotopic (exact) mass is 383 g/mol. The molecule has 0 saturated heterocycles. The predicted molar refractivity (Wildman–Crippen MR) is 93.1 cm³/mol. The average molecular weight is 383 g/mol. The van der Waals surface area contributed by atoms with E-state index in [4.69, 9.17) is 0 Å². The Labute approximate surface area is 151 Å². The fraction of sp³-hybridized carbons (Fsp3) is 0.278. The number of hydrogen-bond acceptors (Lipinski definition) is 4. The summed E-state index contributed by atoms with van der Waals surface area (Å²) in [6.45, 7) is -1.11. The number of halogens is 2. The molecule has 0 aliphatic heterocycles. The minimum absolute atomic E-state index is 0.0244. The maximum absolute atomic E-state index is 12.6. The molecular formula is C18H19F2NO4S. The molecule has 0 radical (unpaired) electrons. The van der Waals surface area contributed by atoms with Gasteiger partial charge in [0.05, 0.1) is 10.9 Å². The fourth-order valence-corrected chi connectivity index (χ4v) is 3.01. The molecule has 5 nitrogen and oxygen atoms in total. The van der Waals surface area contributed by atoms with E-state index in [-0.39, 0.29) is 22.6 Å². The lowest BCUT2D eigenvalue weighted by atomic mass is 10.1. The number of amides is 1. The maximum Gasteiger partial charge on any atom is 0.387 e. The molecule has 0 aliphatic rings. The first-order valence-corrected chi connectivity index (χ1v) is 9.61. The van der Waals surface area contributed by atoms with Gasteiger partial charge in [-0.1, -0.05) is 12.1 Å². The van der Waals surface area contributed by atoms with Gasteiger partial charge in [-0.2, -0.15) is 8.78 Å². The summed E-state index contributed by atoms with van der Waals surface area (Å²) in [5.41, 5.74) is 1.10. The molecule has 1 amide bonds. The maximum atomic E-state index is 12.6. The van der Waals surface area contributed by atoms with Gasteiger partial charge in [0.15, 0.2) is 9.84 Å². The van der Waals surface area contributed by atoms with Crippen LogP contribution in [0.25, 0.3) is 0 Å². The Morgan fingerprint density at radius 2 is 1.58 bits per heavy atom. The largest absolute Gasteiger partial charge is 0.435 e. The summed E-state index contributed by atoms with van der Waals surface area (Å²) in [6.07, 6.45) is 1.13. The Balaban J connectivity index is 2.14. The van der Waals surface area contributed by atoms with Crippen LogP contribution in [0.3, 0.4) is 0 Å². The van der Waals surface area contributed by atoms with Crippen LogP contribution < -0.4 is 4.74 Å². The van der Waals surface area contributed by atoms with Gasteiger partial charge < -0.3 is 9.64 Å². The number of benzene rings is 2. The molecule has 8 heteroatoms. The van der Waals surface area contributed by atoms with Gasteiger partial charge in [-0.15, -0.1) is 0 Å². The van der Waals surface area contributed by atoms with Crippen LogP contribution in [0.2, 0.25) is 0 Å². The topological polar surface area (TPSA) is 63.7 Å². The van der Waals surface area contributed by atoms with E-state index in [1.54, 1.807) is 19.2 Å². The highest BCUT2D eigenvalue weighted by molar-refractivity contribution is 7.90. The summed E-state index contributed by atoms with van der Waals surface area (Å²) in [7, 11) is -1.67. The molecule has 0 N–H and O–H groups in total. The first kappa shape index (κ1) is 19.8. The molecule has 0 spiro atoms. The Bertz CT molecular complexity index is 865. The van der Waals surface area contributed by atoms with Gasteiger partial charge in [0.25, 0.3) is 5.91 Å². The van der Waals surface area contributed by atoms with Crippen LogP contribution in [-0.4, -0.2) is 39.1 Å². The van der Waals surface area contributed by atoms with Crippen LogP contribution in [0.5, 0.6) is 5.75 Å². The van der Waals surface area contributed by atoms with Gasteiger partial charge >= 0.3 is 6.61 Å². The fourth-order valence-electron chi connectivity index (χ4n) is 2.38. The number of hydrogen-bond donors (Lipinski definition) is 0.